The van der Waals surface area contributed by atoms with Crippen LogP contribution in [0.15, 0.2) is 24.3 Å². The molecule has 0 spiro atoms. The summed E-state index contributed by atoms with van der Waals surface area (Å²) in [6.07, 6.45) is 68.5. The van der Waals surface area contributed by atoms with Crippen molar-refractivity contribution >= 4 is 13.7 Å². The van der Waals surface area contributed by atoms with Crippen molar-refractivity contribution in [3.63, 3.8) is 0 Å². The number of allylic oxidation sites excluding steroid dienone is 3. The van der Waals surface area contributed by atoms with Crippen molar-refractivity contribution in [2.45, 2.75) is 328 Å². The first-order valence-electron chi connectivity index (χ1n) is 31.2. The molecule has 422 valence electrons. The number of carbonyl (C=O) groups is 1. The Morgan fingerprint density at radius 2 is 0.789 bits per heavy atom. The zero-order valence-electron chi connectivity index (χ0n) is 48.2. The SMILES string of the molecule is CCCCCCCCCCCCCCCCC/C=C/CC/C=C/C(O)C(COP(=O)([O-])OCC[N+](C)(C)C)NC(=O)CCCCCCCCCCCCCCCCCCCCCCCCCCCCCC. The highest BCUT2D eigenvalue weighted by atomic mass is 31.2. The number of nitrogens with zero attached hydrogens (tertiary/aromatic N) is 1. The van der Waals surface area contributed by atoms with Crippen LogP contribution < -0.4 is 10.2 Å². The van der Waals surface area contributed by atoms with Gasteiger partial charge in [-0.25, -0.2) is 0 Å². The second kappa shape index (κ2) is 53.8. The standard InChI is InChI=1S/C62H123N2O6P/c1-6-8-10-12-14-16-18-20-22-24-26-28-29-30-31-32-33-34-36-38-40-42-44-46-48-50-52-54-56-62(66)63-60(59-70-71(67,68)69-58-57-64(3,4)5)61(65)55-53-51-49-47-45-43-41-39-37-35-27-25-23-21-19-17-15-13-11-9-7-2/h45,47,53,55,60-61,65H,6-44,46,48-52,54,56-59H2,1-5H3,(H-,63,66,67,68)/b47-45+,55-53+. The van der Waals surface area contributed by atoms with Crippen LogP contribution in [-0.2, 0) is 18.4 Å². The highest BCUT2D eigenvalue weighted by Gasteiger charge is 2.23. The number of likely N-dealkylation sites (N-methyl/N-ethyl adjacent to an activating group) is 1. The topological polar surface area (TPSA) is 108 Å². The molecule has 0 aromatic rings. The summed E-state index contributed by atoms with van der Waals surface area (Å²) in [7, 11) is 1.26. The number of phosphoric ester groups is 1. The lowest BCUT2D eigenvalue weighted by atomic mass is 10.0. The molecular formula is C62H123N2O6P. The van der Waals surface area contributed by atoms with E-state index in [2.05, 4.69) is 31.3 Å². The zero-order chi connectivity index (χ0) is 52.0. The Morgan fingerprint density at radius 3 is 1.14 bits per heavy atom. The normalized spacial score (nSPS) is 14.0. The third-order valence-electron chi connectivity index (χ3n) is 14.4. The van der Waals surface area contributed by atoms with Crippen LogP contribution in [0.2, 0.25) is 0 Å². The van der Waals surface area contributed by atoms with E-state index in [1.54, 1.807) is 6.08 Å². The quantitative estimate of drug-likeness (QED) is 0.0272. The number of aliphatic hydroxyl groups excluding tert-OH is 1. The summed E-state index contributed by atoms with van der Waals surface area (Å²) in [6, 6.07) is -0.901. The molecule has 0 aromatic carbocycles. The number of quaternary nitrogens is 1. The van der Waals surface area contributed by atoms with E-state index in [4.69, 9.17) is 9.05 Å². The van der Waals surface area contributed by atoms with Crippen molar-refractivity contribution in [1.82, 2.24) is 5.32 Å². The van der Waals surface area contributed by atoms with Gasteiger partial charge in [0.15, 0.2) is 0 Å². The van der Waals surface area contributed by atoms with Crippen molar-refractivity contribution in [3.8, 4) is 0 Å². The van der Waals surface area contributed by atoms with E-state index in [0.717, 1.165) is 38.5 Å². The van der Waals surface area contributed by atoms with Crippen LogP contribution >= 0.6 is 7.82 Å². The summed E-state index contributed by atoms with van der Waals surface area (Å²) in [5.74, 6) is -0.200. The van der Waals surface area contributed by atoms with Gasteiger partial charge in [-0.15, -0.1) is 0 Å². The smallest absolute Gasteiger partial charge is 0.268 e. The summed E-state index contributed by atoms with van der Waals surface area (Å²) in [6.45, 7) is 4.68. The molecule has 3 atom stereocenters. The monoisotopic (exact) mass is 1020 g/mol. The van der Waals surface area contributed by atoms with Crippen LogP contribution in [0.4, 0.5) is 0 Å². The summed E-state index contributed by atoms with van der Waals surface area (Å²) < 4.78 is 23.4. The van der Waals surface area contributed by atoms with E-state index in [0.29, 0.717) is 17.4 Å². The van der Waals surface area contributed by atoms with Crippen molar-refractivity contribution in [3.05, 3.63) is 24.3 Å². The fraction of sp³-hybridized carbons (Fsp3) is 0.919. The molecule has 0 aliphatic rings. The Bertz CT molecular complexity index is 1210. The van der Waals surface area contributed by atoms with Crippen molar-refractivity contribution in [1.29, 1.82) is 0 Å². The molecule has 71 heavy (non-hydrogen) atoms. The maximum atomic E-state index is 13.0. The highest BCUT2D eigenvalue weighted by molar-refractivity contribution is 7.45. The molecular weight excluding hydrogens is 900 g/mol. The van der Waals surface area contributed by atoms with Crippen LogP contribution in [0, 0.1) is 0 Å². The number of amides is 1. The Kier molecular flexibility index (Phi) is 53.0. The van der Waals surface area contributed by atoms with Crippen LogP contribution in [0.1, 0.15) is 316 Å². The second-order valence-corrected chi connectivity index (χ2v) is 24.2. The average Bonchev–Trinajstić information content (AvgIpc) is 3.33. The van der Waals surface area contributed by atoms with Gasteiger partial charge in [0.25, 0.3) is 7.82 Å². The number of hydrogen-bond acceptors (Lipinski definition) is 6. The van der Waals surface area contributed by atoms with E-state index in [-0.39, 0.29) is 19.1 Å². The van der Waals surface area contributed by atoms with E-state index < -0.39 is 20.0 Å². The molecule has 9 heteroatoms. The summed E-state index contributed by atoms with van der Waals surface area (Å²) in [5, 5.41) is 13.9. The lowest BCUT2D eigenvalue weighted by Crippen LogP contribution is -2.45. The Labute approximate surface area is 443 Å². The van der Waals surface area contributed by atoms with Crippen LogP contribution in [0.25, 0.3) is 0 Å². The first-order chi connectivity index (χ1) is 34.5. The zero-order valence-corrected chi connectivity index (χ0v) is 49.1. The van der Waals surface area contributed by atoms with Crippen LogP contribution in [0.5, 0.6) is 0 Å². The second-order valence-electron chi connectivity index (χ2n) is 22.8. The molecule has 0 rings (SSSR count). The summed E-state index contributed by atoms with van der Waals surface area (Å²) in [4.78, 5) is 25.5. The minimum Gasteiger partial charge on any atom is -0.756 e. The molecule has 3 unspecified atom stereocenters. The van der Waals surface area contributed by atoms with Crippen molar-refractivity contribution in [2.24, 2.45) is 0 Å². The molecule has 0 radical (unpaired) electrons. The first-order valence-corrected chi connectivity index (χ1v) is 32.7. The van der Waals surface area contributed by atoms with E-state index in [9.17, 15) is 19.4 Å². The molecule has 0 heterocycles. The largest absolute Gasteiger partial charge is 0.756 e. The summed E-state index contributed by atoms with van der Waals surface area (Å²) >= 11 is 0. The molecule has 2 N–H and O–H groups in total. The fourth-order valence-electron chi connectivity index (χ4n) is 9.53. The first kappa shape index (κ1) is 70.0. The van der Waals surface area contributed by atoms with Gasteiger partial charge in [-0.3, -0.25) is 9.36 Å². The van der Waals surface area contributed by atoms with Gasteiger partial charge in [-0.2, -0.15) is 0 Å². The lowest BCUT2D eigenvalue weighted by Gasteiger charge is -2.29. The number of phosphoric acid groups is 1. The molecule has 0 fully saturated rings. The molecule has 0 bridgehead atoms. The van der Waals surface area contributed by atoms with Crippen molar-refractivity contribution < 1.29 is 32.9 Å². The molecule has 0 aliphatic heterocycles. The Hall–Kier alpha value is -1.02. The van der Waals surface area contributed by atoms with Gasteiger partial charge in [0, 0.05) is 6.42 Å². The maximum Gasteiger partial charge on any atom is 0.268 e. The fourth-order valence-corrected chi connectivity index (χ4v) is 10.2. The predicted octanol–water partition coefficient (Wildman–Crippen LogP) is 18.5. The molecule has 0 aliphatic carbocycles. The number of nitrogens with one attached hydrogen (secondary N) is 1. The van der Waals surface area contributed by atoms with E-state index in [1.165, 1.54) is 257 Å². The van der Waals surface area contributed by atoms with Gasteiger partial charge >= 0.3 is 0 Å². The predicted molar refractivity (Wildman–Crippen MR) is 307 cm³/mol. The molecule has 0 aromatic heterocycles. The third kappa shape index (κ3) is 56.5. The number of hydrogen-bond donors (Lipinski definition) is 2. The minimum atomic E-state index is -4.60. The van der Waals surface area contributed by atoms with Crippen LogP contribution in [-0.4, -0.2) is 68.5 Å². The molecule has 0 saturated heterocycles. The average molecular weight is 1020 g/mol. The summed E-state index contributed by atoms with van der Waals surface area (Å²) in [5.41, 5.74) is 0. The number of aliphatic hydroxyl groups is 1. The van der Waals surface area contributed by atoms with Crippen molar-refractivity contribution in [2.75, 3.05) is 40.9 Å². The maximum absolute atomic E-state index is 13.0. The van der Waals surface area contributed by atoms with Gasteiger partial charge < -0.3 is 28.8 Å². The molecule has 0 saturated carbocycles. The Morgan fingerprint density at radius 1 is 0.479 bits per heavy atom. The van der Waals surface area contributed by atoms with Gasteiger partial charge in [0.2, 0.25) is 5.91 Å². The van der Waals surface area contributed by atoms with Gasteiger partial charge in [-0.05, 0) is 32.1 Å². The molecule has 8 nitrogen and oxygen atoms in total. The van der Waals surface area contributed by atoms with E-state index >= 15 is 0 Å². The van der Waals surface area contributed by atoms with Gasteiger partial charge in [-0.1, -0.05) is 301 Å². The number of rotatable bonds is 58. The lowest BCUT2D eigenvalue weighted by molar-refractivity contribution is -0.870. The Balaban J connectivity index is 4.13. The minimum absolute atomic E-state index is 0.00360. The third-order valence-corrected chi connectivity index (χ3v) is 15.4. The highest BCUT2D eigenvalue weighted by Crippen LogP contribution is 2.38. The number of unbranched alkanes of at least 4 members (excludes halogenated alkanes) is 43. The van der Waals surface area contributed by atoms with Gasteiger partial charge in [0.1, 0.15) is 13.2 Å². The van der Waals surface area contributed by atoms with E-state index in [1.807, 2.05) is 27.2 Å². The molecule has 1 amide bonds. The van der Waals surface area contributed by atoms with Gasteiger partial charge in [0.05, 0.1) is 39.9 Å². The van der Waals surface area contributed by atoms with Crippen LogP contribution in [0.3, 0.4) is 0 Å². The number of carbonyl (C=O) groups excluding carboxylic acids is 1.